The summed E-state index contributed by atoms with van der Waals surface area (Å²) in [4.78, 5) is 25.8. The maximum Gasteiger partial charge on any atom is 0.257 e. The summed E-state index contributed by atoms with van der Waals surface area (Å²) in [5.74, 6) is -1.87. The van der Waals surface area contributed by atoms with Crippen LogP contribution in [0, 0.1) is 11.6 Å². The number of amides is 1. The second-order valence-corrected chi connectivity index (χ2v) is 7.61. The number of carbonyl (C=O) groups is 1. The molecular formula is C23H22F2N2O5. The van der Waals surface area contributed by atoms with Crippen LogP contribution in [0.25, 0.3) is 10.9 Å². The van der Waals surface area contributed by atoms with Crippen LogP contribution < -0.4 is 15.5 Å². The van der Waals surface area contributed by atoms with Crippen LogP contribution in [0.1, 0.15) is 22.3 Å². The predicted molar refractivity (Wildman–Crippen MR) is 113 cm³/mol. The van der Waals surface area contributed by atoms with E-state index >= 15 is 0 Å². The molecule has 0 radical (unpaired) electrons. The zero-order valence-corrected chi connectivity index (χ0v) is 17.3. The van der Waals surface area contributed by atoms with E-state index in [2.05, 4.69) is 5.32 Å². The van der Waals surface area contributed by atoms with Crippen molar-refractivity contribution in [3.8, 4) is 5.75 Å². The molecule has 2 atom stereocenters. The molecule has 3 aromatic rings. The van der Waals surface area contributed by atoms with Crippen molar-refractivity contribution in [3.63, 3.8) is 0 Å². The van der Waals surface area contributed by atoms with Gasteiger partial charge in [-0.05, 0) is 36.2 Å². The SMILES string of the molecule is COc1ccc(Cn2cc(C(=O)NC3COCC[C@@H]3O)c(=O)c3c(F)ccc(F)c32)cc1. The van der Waals surface area contributed by atoms with Crippen LogP contribution >= 0.6 is 0 Å². The lowest BCUT2D eigenvalue weighted by Gasteiger charge is -2.28. The Kier molecular flexibility index (Phi) is 6.20. The summed E-state index contributed by atoms with van der Waals surface area (Å²) in [6, 6.07) is 8.02. The molecule has 168 valence electrons. The number of nitrogens with one attached hydrogen (secondary N) is 1. The number of nitrogens with zero attached hydrogens (tertiary/aromatic N) is 1. The summed E-state index contributed by atoms with van der Waals surface area (Å²) >= 11 is 0. The molecule has 0 aliphatic carbocycles. The van der Waals surface area contributed by atoms with Gasteiger partial charge in [-0.25, -0.2) is 8.78 Å². The molecule has 1 aromatic heterocycles. The zero-order chi connectivity index (χ0) is 22.8. The third kappa shape index (κ3) is 4.21. The second kappa shape index (κ2) is 9.05. The quantitative estimate of drug-likeness (QED) is 0.630. The number of aliphatic hydroxyl groups excluding tert-OH is 1. The number of benzene rings is 2. The molecule has 2 heterocycles. The van der Waals surface area contributed by atoms with Crippen molar-refractivity contribution in [2.75, 3.05) is 20.3 Å². The van der Waals surface area contributed by atoms with Gasteiger partial charge in [-0.3, -0.25) is 9.59 Å². The number of aliphatic hydroxyl groups is 1. The highest BCUT2D eigenvalue weighted by atomic mass is 19.1. The Morgan fingerprint density at radius 1 is 1.22 bits per heavy atom. The molecule has 0 spiro atoms. The average molecular weight is 444 g/mol. The maximum atomic E-state index is 14.7. The lowest BCUT2D eigenvalue weighted by Crippen LogP contribution is -2.50. The number of carbonyl (C=O) groups excluding carboxylic acids is 1. The van der Waals surface area contributed by atoms with Gasteiger partial charge in [-0.1, -0.05) is 12.1 Å². The Hall–Kier alpha value is -3.30. The third-order valence-corrected chi connectivity index (χ3v) is 5.51. The smallest absolute Gasteiger partial charge is 0.257 e. The molecule has 1 aliphatic heterocycles. The molecule has 2 aromatic carbocycles. The van der Waals surface area contributed by atoms with Crippen LogP contribution in [0.15, 0.2) is 47.4 Å². The van der Waals surface area contributed by atoms with Gasteiger partial charge in [0.1, 0.15) is 22.9 Å². The number of hydrogen-bond donors (Lipinski definition) is 2. The number of rotatable bonds is 5. The maximum absolute atomic E-state index is 14.7. The van der Waals surface area contributed by atoms with E-state index in [1.54, 1.807) is 24.3 Å². The van der Waals surface area contributed by atoms with Crippen molar-refractivity contribution in [2.24, 2.45) is 0 Å². The van der Waals surface area contributed by atoms with Crippen molar-refractivity contribution >= 4 is 16.8 Å². The number of methoxy groups -OCH3 is 1. The van der Waals surface area contributed by atoms with Crippen LogP contribution in [0.4, 0.5) is 8.78 Å². The summed E-state index contributed by atoms with van der Waals surface area (Å²) in [5, 5.41) is 12.1. The molecule has 1 aliphatic rings. The van der Waals surface area contributed by atoms with Gasteiger partial charge < -0.3 is 24.5 Å². The average Bonchev–Trinajstić information content (AvgIpc) is 2.79. The van der Waals surface area contributed by atoms with Gasteiger partial charge in [0.05, 0.1) is 36.8 Å². The minimum atomic E-state index is -0.925. The number of hydrogen-bond acceptors (Lipinski definition) is 5. The van der Waals surface area contributed by atoms with E-state index in [9.17, 15) is 23.5 Å². The Balaban J connectivity index is 1.79. The van der Waals surface area contributed by atoms with Crippen molar-refractivity contribution in [1.82, 2.24) is 9.88 Å². The molecule has 7 nitrogen and oxygen atoms in total. The molecule has 32 heavy (non-hydrogen) atoms. The van der Waals surface area contributed by atoms with E-state index in [1.165, 1.54) is 17.9 Å². The Morgan fingerprint density at radius 2 is 1.94 bits per heavy atom. The van der Waals surface area contributed by atoms with Gasteiger partial charge in [-0.2, -0.15) is 0 Å². The Labute approximate surface area is 182 Å². The number of pyridine rings is 1. The topological polar surface area (TPSA) is 89.8 Å². The number of fused-ring (bicyclic) bond motifs is 1. The minimum absolute atomic E-state index is 0.0800. The van der Waals surface area contributed by atoms with Crippen LogP contribution in [0.2, 0.25) is 0 Å². The van der Waals surface area contributed by atoms with Gasteiger partial charge in [0.2, 0.25) is 5.43 Å². The monoisotopic (exact) mass is 444 g/mol. The number of aromatic nitrogens is 1. The fourth-order valence-corrected chi connectivity index (χ4v) is 3.78. The highest BCUT2D eigenvalue weighted by Gasteiger charge is 2.28. The fourth-order valence-electron chi connectivity index (χ4n) is 3.78. The van der Waals surface area contributed by atoms with Gasteiger partial charge in [-0.15, -0.1) is 0 Å². The molecule has 0 bridgehead atoms. The lowest BCUT2D eigenvalue weighted by atomic mass is 10.1. The van der Waals surface area contributed by atoms with E-state index in [1.807, 2.05) is 0 Å². The van der Waals surface area contributed by atoms with E-state index in [0.717, 1.165) is 17.7 Å². The predicted octanol–water partition coefficient (Wildman–Crippen LogP) is 2.22. The summed E-state index contributed by atoms with van der Waals surface area (Å²) in [7, 11) is 1.53. The van der Waals surface area contributed by atoms with Crippen LogP contribution in [0.5, 0.6) is 5.75 Å². The van der Waals surface area contributed by atoms with Crippen LogP contribution in [0.3, 0.4) is 0 Å². The van der Waals surface area contributed by atoms with Crippen molar-refractivity contribution in [1.29, 1.82) is 0 Å². The largest absolute Gasteiger partial charge is 0.497 e. The molecule has 0 saturated carbocycles. The lowest BCUT2D eigenvalue weighted by molar-refractivity contribution is -0.0140. The molecule has 4 rings (SSSR count). The van der Waals surface area contributed by atoms with E-state index < -0.39 is 40.5 Å². The van der Waals surface area contributed by atoms with Crippen LogP contribution in [-0.4, -0.2) is 48.1 Å². The first-order valence-electron chi connectivity index (χ1n) is 10.1. The molecule has 1 fully saturated rings. The first-order valence-corrected chi connectivity index (χ1v) is 10.1. The first-order chi connectivity index (χ1) is 15.4. The molecule has 1 unspecified atom stereocenters. The summed E-state index contributed by atoms with van der Waals surface area (Å²) in [6.45, 7) is 0.531. The summed E-state index contributed by atoms with van der Waals surface area (Å²) in [5.41, 5.74) is -0.787. The zero-order valence-electron chi connectivity index (χ0n) is 17.3. The summed E-state index contributed by atoms with van der Waals surface area (Å²) in [6.07, 6.45) is 0.719. The number of ether oxygens (including phenoxy) is 2. The van der Waals surface area contributed by atoms with Gasteiger partial charge >= 0.3 is 0 Å². The van der Waals surface area contributed by atoms with Crippen molar-refractivity contribution < 1.29 is 28.2 Å². The van der Waals surface area contributed by atoms with E-state index in [0.29, 0.717) is 18.8 Å². The van der Waals surface area contributed by atoms with Crippen molar-refractivity contribution in [3.05, 3.63) is 75.6 Å². The Bertz CT molecular complexity index is 1210. The van der Waals surface area contributed by atoms with Crippen molar-refractivity contribution in [2.45, 2.75) is 25.1 Å². The Morgan fingerprint density at radius 3 is 2.62 bits per heavy atom. The molecule has 2 N–H and O–H groups in total. The van der Waals surface area contributed by atoms with Gasteiger partial charge in [0, 0.05) is 19.3 Å². The van der Waals surface area contributed by atoms with E-state index in [4.69, 9.17) is 9.47 Å². The molecule has 1 saturated heterocycles. The van der Waals surface area contributed by atoms with Crippen LogP contribution in [-0.2, 0) is 11.3 Å². The summed E-state index contributed by atoms with van der Waals surface area (Å²) < 4.78 is 41.0. The normalized spacial score (nSPS) is 18.5. The molecule has 9 heteroatoms. The van der Waals surface area contributed by atoms with Gasteiger partial charge in [0.15, 0.2) is 0 Å². The molecular weight excluding hydrogens is 422 g/mol. The fraction of sp³-hybridized carbons (Fsp3) is 0.304. The highest BCUT2D eigenvalue weighted by Crippen LogP contribution is 2.22. The highest BCUT2D eigenvalue weighted by molar-refractivity contribution is 5.97. The second-order valence-electron chi connectivity index (χ2n) is 7.61. The standard InChI is InChI=1S/C23H22F2N2O5/c1-31-14-4-2-13(3-5-14)10-27-11-15(23(30)26-18-12-32-9-8-19(18)28)22(29)20-16(24)6-7-17(25)21(20)27/h2-7,11,18-19,28H,8-10,12H2,1H3,(H,26,30)/t18?,19-/m0/s1. The minimum Gasteiger partial charge on any atom is -0.497 e. The van der Waals surface area contributed by atoms with Gasteiger partial charge in [0.25, 0.3) is 5.91 Å². The third-order valence-electron chi connectivity index (χ3n) is 5.51. The first kappa shape index (κ1) is 21.9. The number of halogens is 2. The molecule has 1 amide bonds. The van der Waals surface area contributed by atoms with E-state index in [-0.39, 0.29) is 24.2 Å².